The van der Waals surface area contributed by atoms with E-state index >= 15 is 0 Å². The molecule has 3 aromatic heterocycles. The molecular weight excluding hydrogens is 383 g/mol. The van der Waals surface area contributed by atoms with Crippen LogP contribution in [-0.4, -0.2) is 30.7 Å². The standard InChI is InChI=1S/C15H12F3N7OS/c1-7-10(8(2)25-12(21-7)9(5-19)6-20-25)3-4-11(26)22-14-24-23-13(27-14)15(16,17)18/h6H,3-4H2,1-2H3,(H,22,24,26). The Bertz CT molecular complexity index is 1060. The number of aromatic nitrogens is 5. The predicted molar refractivity (Wildman–Crippen MR) is 89.0 cm³/mol. The molecule has 0 saturated heterocycles. The van der Waals surface area contributed by atoms with Crippen molar-refractivity contribution in [2.24, 2.45) is 0 Å². The van der Waals surface area contributed by atoms with Crippen LogP contribution in [0.5, 0.6) is 0 Å². The zero-order valence-electron chi connectivity index (χ0n) is 14.1. The number of fused-ring (bicyclic) bond motifs is 1. The fourth-order valence-corrected chi connectivity index (χ4v) is 3.19. The Hall–Kier alpha value is -3.07. The van der Waals surface area contributed by atoms with E-state index in [2.05, 4.69) is 25.6 Å². The molecule has 0 aliphatic heterocycles. The molecule has 0 saturated carbocycles. The number of nitrogens with one attached hydrogen (secondary N) is 1. The number of halogens is 3. The molecule has 0 radical (unpaired) electrons. The molecule has 3 rings (SSSR count). The quantitative estimate of drug-likeness (QED) is 0.727. The van der Waals surface area contributed by atoms with E-state index < -0.39 is 17.1 Å². The highest BCUT2D eigenvalue weighted by atomic mass is 32.1. The van der Waals surface area contributed by atoms with E-state index in [4.69, 9.17) is 5.26 Å². The van der Waals surface area contributed by atoms with Crippen molar-refractivity contribution in [1.29, 1.82) is 5.26 Å². The summed E-state index contributed by atoms with van der Waals surface area (Å²) in [5, 5.41) is 20.5. The number of carbonyl (C=O) groups is 1. The van der Waals surface area contributed by atoms with Gasteiger partial charge in [0.05, 0.1) is 6.20 Å². The Balaban J connectivity index is 1.72. The minimum Gasteiger partial charge on any atom is -0.301 e. The predicted octanol–water partition coefficient (Wildman–Crippen LogP) is 2.66. The average molecular weight is 395 g/mol. The Labute approximate surface area is 154 Å². The average Bonchev–Trinajstić information content (AvgIpc) is 3.21. The van der Waals surface area contributed by atoms with Gasteiger partial charge in [0.15, 0.2) is 5.65 Å². The SMILES string of the molecule is Cc1nc2c(C#N)cnn2c(C)c1CCC(=O)Nc1nnc(C(F)(F)F)s1. The van der Waals surface area contributed by atoms with E-state index in [9.17, 15) is 18.0 Å². The lowest BCUT2D eigenvalue weighted by molar-refractivity contribution is -0.138. The van der Waals surface area contributed by atoms with Gasteiger partial charge in [0.2, 0.25) is 16.0 Å². The number of aryl methyl sites for hydroxylation is 2. The van der Waals surface area contributed by atoms with Crippen LogP contribution in [0.15, 0.2) is 6.20 Å². The van der Waals surface area contributed by atoms with Gasteiger partial charge in [-0.15, -0.1) is 10.2 Å². The summed E-state index contributed by atoms with van der Waals surface area (Å²) in [5.74, 6) is -0.489. The topological polar surface area (TPSA) is 109 Å². The largest absolute Gasteiger partial charge is 0.445 e. The van der Waals surface area contributed by atoms with Crippen LogP contribution in [0.4, 0.5) is 18.3 Å². The lowest BCUT2D eigenvalue weighted by Gasteiger charge is -2.10. The van der Waals surface area contributed by atoms with Gasteiger partial charge in [0.25, 0.3) is 0 Å². The molecule has 12 heteroatoms. The number of rotatable bonds is 4. The first-order valence-electron chi connectivity index (χ1n) is 7.65. The highest BCUT2D eigenvalue weighted by Crippen LogP contribution is 2.33. The van der Waals surface area contributed by atoms with Crippen LogP contribution in [-0.2, 0) is 17.4 Å². The molecule has 0 aliphatic carbocycles. The van der Waals surface area contributed by atoms with Crippen molar-refractivity contribution >= 4 is 28.0 Å². The number of nitrogens with zero attached hydrogens (tertiary/aromatic N) is 6. The summed E-state index contributed by atoms with van der Waals surface area (Å²) in [7, 11) is 0. The van der Waals surface area contributed by atoms with Gasteiger partial charge in [0, 0.05) is 17.8 Å². The fraction of sp³-hybridized carbons (Fsp3) is 0.333. The van der Waals surface area contributed by atoms with Crippen LogP contribution in [0.2, 0.25) is 0 Å². The number of carbonyl (C=O) groups excluding carboxylic acids is 1. The molecule has 0 aliphatic rings. The zero-order chi connectivity index (χ0) is 19.8. The lowest BCUT2D eigenvalue weighted by Crippen LogP contribution is -2.14. The van der Waals surface area contributed by atoms with Crippen LogP contribution in [0.1, 0.15) is 33.9 Å². The summed E-state index contributed by atoms with van der Waals surface area (Å²) in [6.07, 6.45) is -2.86. The van der Waals surface area contributed by atoms with E-state index in [1.54, 1.807) is 13.8 Å². The summed E-state index contributed by atoms with van der Waals surface area (Å²) in [6.45, 7) is 3.55. The first kappa shape index (κ1) is 18.7. The van der Waals surface area contributed by atoms with Gasteiger partial charge in [-0.2, -0.15) is 23.5 Å². The third-order valence-corrected chi connectivity index (χ3v) is 4.73. The van der Waals surface area contributed by atoms with Gasteiger partial charge in [-0.25, -0.2) is 9.50 Å². The molecule has 0 spiro atoms. The number of alkyl halides is 3. The molecule has 0 aromatic carbocycles. The minimum atomic E-state index is -4.60. The summed E-state index contributed by atoms with van der Waals surface area (Å²) in [4.78, 5) is 16.4. The van der Waals surface area contributed by atoms with E-state index in [1.807, 2.05) is 6.07 Å². The van der Waals surface area contributed by atoms with E-state index in [-0.39, 0.29) is 22.9 Å². The van der Waals surface area contributed by atoms with E-state index in [1.165, 1.54) is 10.7 Å². The molecule has 3 aromatic rings. The molecule has 27 heavy (non-hydrogen) atoms. The maximum Gasteiger partial charge on any atom is 0.445 e. The first-order chi connectivity index (χ1) is 12.7. The highest BCUT2D eigenvalue weighted by molar-refractivity contribution is 7.15. The second-order valence-corrected chi connectivity index (χ2v) is 6.60. The number of anilines is 1. The molecule has 1 N–H and O–H groups in total. The lowest BCUT2D eigenvalue weighted by atomic mass is 10.1. The highest BCUT2D eigenvalue weighted by Gasteiger charge is 2.35. The molecule has 1 amide bonds. The summed E-state index contributed by atoms with van der Waals surface area (Å²) < 4.78 is 39.1. The van der Waals surface area contributed by atoms with Gasteiger partial charge >= 0.3 is 6.18 Å². The third-order valence-electron chi connectivity index (χ3n) is 3.84. The molecule has 0 atom stereocenters. The molecule has 3 heterocycles. The second-order valence-electron chi connectivity index (χ2n) is 5.62. The maximum atomic E-state index is 12.5. The normalized spacial score (nSPS) is 11.6. The summed E-state index contributed by atoms with van der Waals surface area (Å²) in [5.41, 5.74) is 2.96. The molecule has 140 valence electrons. The van der Waals surface area contributed by atoms with Gasteiger partial charge in [-0.1, -0.05) is 11.3 Å². The molecule has 8 nitrogen and oxygen atoms in total. The molecule has 0 fully saturated rings. The zero-order valence-corrected chi connectivity index (χ0v) is 14.9. The Morgan fingerprint density at radius 2 is 2.11 bits per heavy atom. The van der Waals surface area contributed by atoms with Crippen LogP contribution in [0.25, 0.3) is 5.65 Å². The Kier molecular flexibility index (Phi) is 4.79. The van der Waals surface area contributed by atoms with Crippen molar-refractivity contribution < 1.29 is 18.0 Å². The molecular formula is C15H12F3N7OS. The maximum absolute atomic E-state index is 12.5. The van der Waals surface area contributed by atoms with E-state index in [0.717, 1.165) is 11.3 Å². The van der Waals surface area contributed by atoms with Crippen molar-refractivity contribution in [2.75, 3.05) is 5.32 Å². The van der Waals surface area contributed by atoms with Crippen LogP contribution < -0.4 is 5.32 Å². The van der Waals surface area contributed by atoms with Gasteiger partial charge in [-0.05, 0) is 25.8 Å². The van der Waals surface area contributed by atoms with Crippen molar-refractivity contribution in [3.05, 3.63) is 33.7 Å². The molecule has 0 bridgehead atoms. The van der Waals surface area contributed by atoms with Crippen LogP contribution in [0, 0.1) is 25.2 Å². The van der Waals surface area contributed by atoms with Crippen LogP contribution >= 0.6 is 11.3 Å². The third kappa shape index (κ3) is 3.72. The molecule has 0 unspecified atom stereocenters. The van der Waals surface area contributed by atoms with Crippen molar-refractivity contribution in [2.45, 2.75) is 32.9 Å². The smallest absolute Gasteiger partial charge is 0.301 e. The van der Waals surface area contributed by atoms with Gasteiger partial charge in [-0.3, -0.25) is 4.79 Å². The van der Waals surface area contributed by atoms with E-state index in [0.29, 0.717) is 23.3 Å². The number of nitriles is 1. The minimum absolute atomic E-state index is 0.0160. The van der Waals surface area contributed by atoms with Crippen molar-refractivity contribution in [3.8, 4) is 6.07 Å². The van der Waals surface area contributed by atoms with Crippen molar-refractivity contribution in [1.82, 2.24) is 24.8 Å². The number of amides is 1. The Morgan fingerprint density at radius 3 is 2.74 bits per heavy atom. The summed E-state index contributed by atoms with van der Waals surface area (Å²) in [6, 6.07) is 2.01. The Morgan fingerprint density at radius 1 is 1.37 bits per heavy atom. The van der Waals surface area contributed by atoms with Gasteiger partial charge in [0.1, 0.15) is 11.6 Å². The fourth-order valence-electron chi connectivity index (χ4n) is 2.56. The summed E-state index contributed by atoms with van der Waals surface area (Å²) >= 11 is 0.267. The number of hydrogen-bond acceptors (Lipinski definition) is 7. The second kappa shape index (κ2) is 6.92. The van der Waals surface area contributed by atoms with Crippen molar-refractivity contribution in [3.63, 3.8) is 0 Å². The van der Waals surface area contributed by atoms with Crippen LogP contribution in [0.3, 0.4) is 0 Å². The number of hydrogen-bond donors (Lipinski definition) is 1. The van der Waals surface area contributed by atoms with Gasteiger partial charge < -0.3 is 5.32 Å². The monoisotopic (exact) mass is 395 g/mol. The first-order valence-corrected chi connectivity index (χ1v) is 8.47.